The Morgan fingerprint density at radius 2 is 1.95 bits per heavy atom. The summed E-state index contributed by atoms with van der Waals surface area (Å²) in [4.78, 5) is 11.9. The molecule has 1 saturated heterocycles. The van der Waals surface area contributed by atoms with Crippen LogP contribution in [0.25, 0.3) is 11.3 Å². The Morgan fingerprint density at radius 1 is 1.23 bits per heavy atom. The number of nitrogens with zero attached hydrogens (tertiary/aromatic N) is 3. The molecule has 2 atom stereocenters. The molecule has 1 aromatic carbocycles. The van der Waals surface area contributed by atoms with Crippen LogP contribution >= 0.6 is 11.6 Å². The number of aliphatic imine (C=N–C) groups is 1. The molecule has 0 aliphatic carbocycles. The lowest BCUT2D eigenvalue weighted by molar-refractivity contribution is -0.0669. The minimum Gasteiger partial charge on any atom is -0.388 e. The van der Waals surface area contributed by atoms with Crippen molar-refractivity contribution in [3.8, 4) is 11.3 Å². The zero-order valence-electron chi connectivity index (χ0n) is 24.3. The van der Waals surface area contributed by atoms with Crippen LogP contribution in [0.5, 0.6) is 0 Å². The standard InChI is InChI=1S/C28H38ClN5O.C4H8/c1-6-8-20(2)12-14-32-28(33-15-16-34-18-21(3)35-22(4)19-34)24-11-10-23(17-26(24)30-5)27-25(29)9-7-13-31-27;1-3-4-2/h6-11,13,17,21-22,30H,1,12,14-16,18-19H2,2-5H3,(H,32,33);3H,1,4H2,2H3/b20-8+;/t21-,22?;/m1./s1. The van der Waals surface area contributed by atoms with Gasteiger partial charge in [0.1, 0.15) is 5.84 Å². The molecule has 3 rings (SSSR count). The molecule has 1 fully saturated rings. The molecule has 0 amide bonds. The van der Waals surface area contributed by atoms with Gasteiger partial charge in [0.25, 0.3) is 0 Å². The molecule has 212 valence electrons. The Labute approximate surface area is 240 Å². The first kappa shape index (κ1) is 32.3. The highest BCUT2D eigenvalue weighted by atomic mass is 35.5. The van der Waals surface area contributed by atoms with Crippen LogP contribution in [-0.2, 0) is 4.74 Å². The van der Waals surface area contributed by atoms with Crippen molar-refractivity contribution in [3.05, 3.63) is 84.1 Å². The van der Waals surface area contributed by atoms with Gasteiger partial charge in [0.05, 0.1) is 29.5 Å². The molecule has 1 aromatic heterocycles. The summed E-state index contributed by atoms with van der Waals surface area (Å²) in [5, 5.41) is 7.54. The van der Waals surface area contributed by atoms with Crippen molar-refractivity contribution < 1.29 is 4.74 Å². The molecule has 1 unspecified atom stereocenters. The van der Waals surface area contributed by atoms with Crippen molar-refractivity contribution in [2.45, 2.75) is 52.7 Å². The van der Waals surface area contributed by atoms with Crippen LogP contribution in [0, 0.1) is 0 Å². The number of amidine groups is 1. The van der Waals surface area contributed by atoms with Crippen molar-refractivity contribution in [2.24, 2.45) is 4.99 Å². The highest BCUT2D eigenvalue weighted by Gasteiger charge is 2.21. The summed E-state index contributed by atoms with van der Waals surface area (Å²) < 4.78 is 5.87. The third-order valence-electron chi connectivity index (χ3n) is 6.26. The largest absolute Gasteiger partial charge is 0.388 e. The summed E-state index contributed by atoms with van der Waals surface area (Å²) in [5.41, 5.74) is 5.01. The van der Waals surface area contributed by atoms with E-state index in [0.717, 1.165) is 67.4 Å². The highest BCUT2D eigenvalue weighted by Crippen LogP contribution is 2.29. The highest BCUT2D eigenvalue weighted by molar-refractivity contribution is 6.33. The SMILES string of the molecule is C=C/C=C(\C)CCNC(=NCCN1CC(C)O[C@H](C)C1)c1ccc(-c2ncccc2Cl)cc1NC.C=CCC. The van der Waals surface area contributed by atoms with Crippen molar-refractivity contribution in [3.63, 3.8) is 0 Å². The van der Waals surface area contributed by atoms with Crippen LogP contribution in [0.15, 0.2) is 78.5 Å². The Balaban J connectivity index is 0.00000124. The summed E-state index contributed by atoms with van der Waals surface area (Å²) in [6.45, 7) is 20.0. The average molecular weight is 552 g/mol. The Hall–Kier alpha value is -2.93. The minimum atomic E-state index is 0.252. The number of rotatable bonds is 11. The topological polar surface area (TPSA) is 61.8 Å². The molecule has 0 radical (unpaired) electrons. The van der Waals surface area contributed by atoms with E-state index in [-0.39, 0.29) is 12.2 Å². The first-order valence-corrected chi connectivity index (χ1v) is 14.2. The second-order valence-corrected chi connectivity index (χ2v) is 10.1. The third kappa shape index (κ3) is 11.0. The smallest absolute Gasteiger partial charge is 0.130 e. The van der Waals surface area contributed by atoms with Crippen molar-refractivity contribution in [2.75, 3.05) is 45.1 Å². The molecule has 1 aliphatic rings. The van der Waals surface area contributed by atoms with Gasteiger partial charge in [-0.05, 0) is 57.9 Å². The lowest BCUT2D eigenvalue weighted by Crippen LogP contribution is -2.46. The fraction of sp³-hybridized carbons (Fsp3) is 0.438. The molecule has 0 saturated carbocycles. The van der Waals surface area contributed by atoms with Crippen LogP contribution in [0.2, 0.25) is 5.02 Å². The van der Waals surface area contributed by atoms with E-state index in [9.17, 15) is 0 Å². The number of hydrogen-bond acceptors (Lipinski definition) is 5. The van der Waals surface area contributed by atoms with Gasteiger partial charge in [0, 0.05) is 56.2 Å². The molecule has 0 bridgehead atoms. The van der Waals surface area contributed by atoms with Crippen LogP contribution in [0.1, 0.15) is 46.1 Å². The van der Waals surface area contributed by atoms with Crippen molar-refractivity contribution in [1.29, 1.82) is 0 Å². The summed E-state index contributed by atoms with van der Waals surface area (Å²) >= 11 is 6.40. The van der Waals surface area contributed by atoms with Crippen LogP contribution < -0.4 is 10.6 Å². The monoisotopic (exact) mass is 551 g/mol. The number of pyridine rings is 1. The Kier molecular flexibility index (Phi) is 14.6. The number of nitrogens with one attached hydrogen (secondary N) is 2. The first-order chi connectivity index (χ1) is 18.8. The van der Waals surface area contributed by atoms with Gasteiger partial charge < -0.3 is 15.4 Å². The van der Waals surface area contributed by atoms with Crippen molar-refractivity contribution in [1.82, 2.24) is 15.2 Å². The summed E-state index contributed by atoms with van der Waals surface area (Å²) in [7, 11) is 1.92. The normalized spacial score (nSPS) is 18.1. The van der Waals surface area contributed by atoms with E-state index in [4.69, 9.17) is 21.3 Å². The zero-order chi connectivity index (χ0) is 28.6. The second-order valence-electron chi connectivity index (χ2n) is 9.71. The number of morpholine rings is 1. The van der Waals surface area contributed by atoms with Crippen LogP contribution in [0.4, 0.5) is 5.69 Å². The van der Waals surface area contributed by atoms with Gasteiger partial charge in [0.2, 0.25) is 0 Å². The van der Waals surface area contributed by atoms with Crippen molar-refractivity contribution >= 4 is 23.1 Å². The molecule has 2 aromatic rings. The zero-order valence-corrected chi connectivity index (χ0v) is 25.1. The molecule has 2 N–H and O–H groups in total. The maximum Gasteiger partial charge on any atom is 0.130 e. The Bertz CT molecular complexity index is 1100. The first-order valence-electron chi connectivity index (χ1n) is 13.8. The number of ether oxygens (including phenoxy) is 1. The van der Waals surface area contributed by atoms with Gasteiger partial charge in [0.15, 0.2) is 0 Å². The number of allylic oxidation sites excluding steroid dienone is 3. The molecule has 7 heteroatoms. The summed E-state index contributed by atoms with van der Waals surface area (Å²) in [6, 6.07) is 9.92. The van der Waals surface area contributed by atoms with E-state index in [0.29, 0.717) is 11.6 Å². The predicted octanol–water partition coefficient (Wildman–Crippen LogP) is 6.99. The predicted molar refractivity (Wildman–Crippen MR) is 169 cm³/mol. The maximum absolute atomic E-state index is 6.40. The van der Waals surface area contributed by atoms with E-state index < -0.39 is 0 Å². The molecule has 6 nitrogen and oxygen atoms in total. The Morgan fingerprint density at radius 3 is 2.56 bits per heavy atom. The molecule has 2 heterocycles. The van der Waals surface area contributed by atoms with Gasteiger partial charge >= 0.3 is 0 Å². The quantitative estimate of drug-likeness (QED) is 0.136. The lowest BCUT2D eigenvalue weighted by Gasteiger charge is -2.34. The van der Waals surface area contributed by atoms with Gasteiger partial charge in [-0.25, -0.2) is 0 Å². The van der Waals surface area contributed by atoms with Crippen LogP contribution in [-0.4, -0.2) is 67.7 Å². The summed E-state index contributed by atoms with van der Waals surface area (Å²) in [6.07, 6.45) is 10.0. The number of benzene rings is 1. The van der Waals surface area contributed by atoms with Crippen LogP contribution in [0.3, 0.4) is 0 Å². The second kappa shape index (κ2) is 17.6. The molecule has 0 spiro atoms. The van der Waals surface area contributed by atoms with Gasteiger partial charge in [-0.1, -0.05) is 55.0 Å². The maximum atomic E-state index is 6.40. The fourth-order valence-corrected chi connectivity index (χ4v) is 4.60. The number of aromatic nitrogens is 1. The average Bonchev–Trinajstić information content (AvgIpc) is 2.92. The molecule has 39 heavy (non-hydrogen) atoms. The van der Waals surface area contributed by atoms with E-state index >= 15 is 0 Å². The lowest BCUT2D eigenvalue weighted by atomic mass is 10.0. The van der Waals surface area contributed by atoms with E-state index in [2.05, 4.69) is 79.6 Å². The molecule has 1 aliphatic heterocycles. The number of halogens is 1. The molecular formula is C32H46ClN5O. The van der Waals surface area contributed by atoms with E-state index in [1.807, 2.05) is 37.4 Å². The summed E-state index contributed by atoms with van der Waals surface area (Å²) in [5.74, 6) is 0.883. The molecular weight excluding hydrogens is 506 g/mol. The minimum absolute atomic E-state index is 0.252. The number of anilines is 1. The fourth-order valence-electron chi connectivity index (χ4n) is 4.37. The van der Waals surface area contributed by atoms with E-state index in [1.165, 1.54) is 5.57 Å². The number of hydrogen-bond donors (Lipinski definition) is 2. The van der Waals surface area contributed by atoms with Gasteiger partial charge in [-0.15, -0.1) is 6.58 Å². The third-order valence-corrected chi connectivity index (χ3v) is 6.57. The van der Waals surface area contributed by atoms with E-state index in [1.54, 1.807) is 6.20 Å². The van der Waals surface area contributed by atoms with Gasteiger partial charge in [-0.2, -0.15) is 0 Å². The van der Waals surface area contributed by atoms with Gasteiger partial charge in [-0.3, -0.25) is 14.9 Å².